The molecule has 6 heteroatoms. The molecule has 0 heterocycles. The molecule has 1 aliphatic rings. The Morgan fingerprint density at radius 2 is 1.24 bits per heavy atom. The van der Waals surface area contributed by atoms with Crippen LogP contribution in [0.4, 0.5) is 0 Å². The van der Waals surface area contributed by atoms with Gasteiger partial charge < -0.3 is 35.3 Å². The van der Waals surface area contributed by atoms with Gasteiger partial charge in [-0.15, -0.1) is 6.92 Å². The third kappa shape index (κ3) is 19.7. The van der Waals surface area contributed by atoms with Gasteiger partial charge in [-0.25, -0.2) is 5.57 Å². The molecule has 37 heavy (non-hydrogen) atoms. The largest absolute Gasteiger partial charge is 4.00 e. The second-order valence-electron chi connectivity index (χ2n) is 9.06. The molecule has 0 fully saturated rings. The Labute approximate surface area is 261 Å². The Bertz CT molecular complexity index is 851. The minimum Gasteiger partial charge on any atom is -1.00 e. The molecule has 1 aliphatic carbocycles. The normalized spacial score (nSPS) is 13.3. The maximum atomic E-state index is 10.2. The van der Waals surface area contributed by atoms with Crippen LogP contribution >= 0.6 is 0 Å². The number of rotatable bonds is 10. The van der Waals surface area contributed by atoms with E-state index in [1.165, 1.54) is 59.2 Å². The Kier molecular flexibility index (Phi) is 27.8. The third-order valence-electron chi connectivity index (χ3n) is 6.18. The first-order valence-electron chi connectivity index (χ1n) is 12.8. The van der Waals surface area contributed by atoms with Crippen LogP contribution in [-0.2, 0) is 31.0 Å². The van der Waals surface area contributed by atoms with Crippen molar-refractivity contribution in [1.82, 2.24) is 0 Å². The van der Waals surface area contributed by atoms with Gasteiger partial charge in [-0.1, -0.05) is 143 Å². The molecule has 2 nitrogen and oxygen atoms in total. The van der Waals surface area contributed by atoms with Gasteiger partial charge in [-0.2, -0.15) is 11.1 Å². The topological polar surface area (TPSA) is 40.9 Å². The van der Waals surface area contributed by atoms with E-state index in [4.69, 9.17) is 5.73 Å². The number of hydrogen-bond donors (Lipinski definition) is 0. The molecule has 1 unspecified atom stereocenters. The van der Waals surface area contributed by atoms with E-state index in [0.29, 0.717) is 12.3 Å². The van der Waals surface area contributed by atoms with Crippen LogP contribution in [0.1, 0.15) is 86.0 Å². The van der Waals surface area contributed by atoms with Crippen LogP contribution in [0.15, 0.2) is 77.4 Å². The van der Waals surface area contributed by atoms with Gasteiger partial charge in [0.1, 0.15) is 9.52 Å². The second-order valence-corrected chi connectivity index (χ2v) is 10.7. The molecule has 2 aromatic rings. The van der Waals surface area contributed by atoms with Crippen molar-refractivity contribution in [3.63, 3.8) is 0 Å². The van der Waals surface area contributed by atoms with Crippen LogP contribution in [0, 0.1) is 12.0 Å². The van der Waals surface area contributed by atoms with Crippen molar-refractivity contribution in [1.29, 1.82) is 0 Å². The van der Waals surface area contributed by atoms with Crippen LogP contribution in [0.2, 0.25) is 0 Å². The van der Waals surface area contributed by atoms with Crippen molar-refractivity contribution in [2.45, 2.75) is 86.0 Å². The molecule has 3 rings (SSSR count). The first-order valence-corrected chi connectivity index (χ1v) is 14.0. The van der Waals surface area contributed by atoms with Crippen LogP contribution in [0.25, 0.3) is 5.73 Å². The van der Waals surface area contributed by atoms with Gasteiger partial charge in [-0.05, 0) is 12.8 Å². The molecule has 0 saturated carbocycles. The van der Waals surface area contributed by atoms with Crippen molar-refractivity contribution in [2.75, 3.05) is 0 Å². The van der Waals surface area contributed by atoms with Gasteiger partial charge in [0.2, 0.25) is 0 Å². The summed E-state index contributed by atoms with van der Waals surface area (Å²) in [6, 6.07) is 21.3. The molecule has 0 saturated heterocycles. The van der Waals surface area contributed by atoms with E-state index in [1.807, 2.05) is 0 Å². The van der Waals surface area contributed by atoms with Gasteiger partial charge in [-0.3, -0.25) is 6.08 Å². The molecule has 0 bridgehead atoms. The van der Waals surface area contributed by atoms with E-state index in [9.17, 15) is 4.79 Å². The van der Waals surface area contributed by atoms with Crippen LogP contribution in [0.5, 0.6) is 0 Å². The number of nitrogens with one attached hydrogen (secondary N) is 1. The summed E-state index contributed by atoms with van der Waals surface area (Å²) >= 11 is 0. The second kappa shape index (κ2) is 25.4. The molecule has 1 atom stereocenters. The quantitative estimate of drug-likeness (QED) is 0.222. The average molecular weight is 637 g/mol. The fraction of sp³-hybridized carbons (Fsp3) is 0.452. The smallest absolute Gasteiger partial charge is 1.00 e. The van der Waals surface area contributed by atoms with Crippen molar-refractivity contribution in [3.05, 3.63) is 89.2 Å². The van der Waals surface area contributed by atoms with E-state index < -0.39 is 5.91 Å². The summed E-state index contributed by atoms with van der Waals surface area (Å²) in [4.78, 5) is 10.2. The SMILES string of the molecule is CC1=[C-]C(C)C(C)=C1C.CCCCCCCCCC([NH-])=O.[Cl-].[Cl-].[Zr+4].c1ccc([SiH]c2ccccc2)cc1. The Balaban J connectivity index is -0.000000457. The third-order valence-corrected chi connectivity index (χ3v) is 7.61. The molecule has 1 N–H and O–H groups in total. The van der Waals surface area contributed by atoms with Gasteiger partial charge in [0.05, 0.1) is 0 Å². The molecule has 0 spiro atoms. The van der Waals surface area contributed by atoms with E-state index >= 15 is 0 Å². The van der Waals surface area contributed by atoms with Crippen molar-refractivity contribution >= 4 is 25.8 Å². The van der Waals surface area contributed by atoms with Crippen molar-refractivity contribution in [3.8, 4) is 0 Å². The predicted octanol–water partition coefficient (Wildman–Crippen LogP) is 1.51. The van der Waals surface area contributed by atoms with E-state index in [0.717, 1.165) is 12.8 Å². The molecular formula is C31H44Cl2NOSiZr. The van der Waals surface area contributed by atoms with E-state index in [-0.39, 0.29) is 60.5 Å². The van der Waals surface area contributed by atoms with Crippen LogP contribution in [-0.4, -0.2) is 15.4 Å². The number of benzene rings is 2. The number of hydrogen-bond acceptors (Lipinski definition) is 1. The summed E-state index contributed by atoms with van der Waals surface area (Å²) in [5.74, 6) is 0.147. The summed E-state index contributed by atoms with van der Waals surface area (Å²) in [6.45, 7) is 10.9. The summed E-state index contributed by atoms with van der Waals surface area (Å²) in [5, 5.41) is 2.90. The van der Waals surface area contributed by atoms with Crippen LogP contribution < -0.4 is 35.2 Å². The van der Waals surface area contributed by atoms with E-state index in [1.54, 1.807) is 0 Å². The molecule has 1 radical (unpaired) electrons. The molecule has 1 amide bonds. The molecule has 2 aromatic carbocycles. The molecular weight excluding hydrogens is 593 g/mol. The number of halogens is 2. The standard InChI is InChI=1S/C12H11Si.C10H21NO.C9H13.2ClH.Zr/c1-3-7-11(8-4-1)13-12-9-5-2-6-10-12;1-2-3-4-5-6-7-8-9-10(11)12;1-6-5-7(2)9(4)8(6)3;;;/h1-10,13H;2-9H2,1H3,(H2,11,12);6H,1-4H3;2*1H;/q;;-1;;;+4/p-3. The monoisotopic (exact) mass is 634 g/mol. The Morgan fingerprint density at radius 3 is 1.57 bits per heavy atom. The number of carbonyl (C=O) groups excluding carboxylic acids is 1. The first-order chi connectivity index (χ1) is 16.3. The zero-order valence-electron chi connectivity index (χ0n) is 23.2. The maximum Gasteiger partial charge on any atom is 4.00 e. The number of allylic oxidation sites excluding steroid dienone is 4. The van der Waals surface area contributed by atoms with Crippen molar-refractivity contribution in [2.24, 2.45) is 5.92 Å². The molecule has 201 valence electrons. The predicted molar refractivity (Wildman–Crippen MR) is 151 cm³/mol. The summed E-state index contributed by atoms with van der Waals surface area (Å²) in [7, 11) is 0.271. The minimum absolute atomic E-state index is 0. The number of amides is 1. The average Bonchev–Trinajstić information content (AvgIpc) is 3.05. The first kappa shape index (κ1) is 40.6. The Hall–Kier alpha value is -0.930. The number of unbranched alkanes of at least 4 members (excludes halogenated alkanes) is 6. The summed E-state index contributed by atoms with van der Waals surface area (Å²) < 4.78 is 0. The van der Waals surface area contributed by atoms with Crippen molar-refractivity contribution < 1.29 is 55.8 Å². The summed E-state index contributed by atoms with van der Waals surface area (Å²) in [5.41, 5.74) is 10.9. The molecule has 0 aliphatic heterocycles. The van der Waals surface area contributed by atoms with Gasteiger partial charge in [0.15, 0.2) is 0 Å². The minimum atomic E-state index is -0.413. The summed E-state index contributed by atoms with van der Waals surface area (Å²) in [6.07, 6.45) is 12.3. The fourth-order valence-electron chi connectivity index (χ4n) is 3.70. The maximum absolute atomic E-state index is 10.2. The van der Waals surface area contributed by atoms with Gasteiger partial charge in [0, 0.05) is 5.91 Å². The Morgan fingerprint density at radius 1 is 0.811 bits per heavy atom. The van der Waals surface area contributed by atoms with Crippen LogP contribution in [0.3, 0.4) is 0 Å². The van der Waals surface area contributed by atoms with Gasteiger partial charge in [0.25, 0.3) is 0 Å². The zero-order valence-corrected chi connectivity index (χ0v) is 28.4. The fourth-order valence-corrected chi connectivity index (χ4v) is 4.91. The molecule has 0 aromatic heterocycles. The number of carbonyl (C=O) groups is 1. The van der Waals surface area contributed by atoms with Gasteiger partial charge >= 0.3 is 26.2 Å². The van der Waals surface area contributed by atoms with E-state index in [2.05, 4.69) is 101 Å². The zero-order chi connectivity index (χ0) is 25.2.